The Bertz CT molecular complexity index is 474. The second kappa shape index (κ2) is 8.17. The summed E-state index contributed by atoms with van der Waals surface area (Å²) in [5.41, 5.74) is 1.19. The van der Waals surface area contributed by atoms with Gasteiger partial charge in [0.15, 0.2) is 0 Å². The topological polar surface area (TPSA) is 70.4 Å². The number of carbonyl (C=O) groups is 1. The number of urea groups is 1. The van der Waals surface area contributed by atoms with E-state index >= 15 is 0 Å². The molecule has 0 spiro atoms. The highest BCUT2D eigenvalue weighted by molar-refractivity contribution is 5.73. The summed E-state index contributed by atoms with van der Waals surface area (Å²) in [7, 11) is 3.71. The van der Waals surface area contributed by atoms with Crippen molar-refractivity contribution in [1.29, 1.82) is 0 Å². The standard InChI is InChI=1S/C16H28N4O2/c1-19(12-14-7-3-4-8-15(14)21)16(22)17-9-5-6-13-10-18-20(2)11-13/h10-11,14-15,21H,3-9,12H2,1-2H3,(H,17,22). The Labute approximate surface area is 132 Å². The van der Waals surface area contributed by atoms with Crippen LogP contribution in [0.25, 0.3) is 0 Å². The molecule has 2 unspecified atom stereocenters. The van der Waals surface area contributed by atoms with Gasteiger partial charge < -0.3 is 15.3 Å². The van der Waals surface area contributed by atoms with E-state index < -0.39 is 0 Å². The summed E-state index contributed by atoms with van der Waals surface area (Å²) >= 11 is 0. The van der Waals surface area contributed by atoms with E-state index in [0.29, 0.717) is 13.1 Å². The van der Waals surface area contributed by atoms with E-state index in [-0.39, 0.29) is 18.1 Å². The molecule has 6 nitrogen and oxygen atoms in total. The van der Waals surface area contributed by atoms with Gasteiger partial charge >= 0.3 is 6.03 Å². The summed E-state index contributed by atoms with van der Waals surface area (Å²) in [6, 6.07) is -0.0519. The molecule has 22 heavy (non-hydrogen) atoms. The fourth-order valence-corrected chi connectivity index (χ4v) is 3.06. The van der Waals surface area contributed by atoms with Crippen molar-refractivity contribution in [2.75, 3.05) is 20.1 Å². The number of nitrogens with one attached hydrogen (secondary N) is 1. The van der Waals surface area contributed by atoms with Crippen LogP contribution in [0.3, 0.4) is 0 Å². The molecule has 1 aromatic heterocycles. The molecule has 0 aliphatic heterocycles. The zero-order valence-electron chi connectivity index (χ0n) is 13.7. The highest BCUT2D eigenvalue weighted by atomic mass is 16.3. The average Bonchev–Trinajstić information content (AvgIpc) is 2.91. The molecule has 0 aromatic carbocycles. The minimum Gasteiger partial charge on any atom is -0.393 e. The molecule has 0 saturated heterocycles. The maximum absolute atomic E-state index is 12.1. The van der Waals surface area contributed by atoms with E-state index in [0.717, 1.165) is 38.5 Å². The van der Waals surface area contributed by atoms with E-state index in [1.54, 1.807) is 16.6 Å². The molecule has 1 heterocycles. The highest BCUT2D eigenvalue weighted by Crippen LogP contribution is 2.24. The Hall–Kier alpha value is -1.56. The van der Waals surface area contributed by atoms with Crippen molar-refractivity contribution in [3.63, 3.8) is 0 Å². The van der Waals surface area contributed by atoms with Crippen LogP contribution >= 0.6 is 0 Å². The average molecular weight is 308 g/mol. The lowest BCUT2D eigenvalue weighted by atomic mass is 9.86. The van der Waals surface area contributed by atoms with Crippen molar-refractivity contribution in [2.24, 2.45) is 13.0 Å². The molecule has 1 fully saturated rings. The maximum Gasteiger partial charge on any atom is 0.317 e. The third kappa shape index (κ3) is 5.02. The molecule has 0 bridgehead atoms. The van der Waals surface area contributed by atoms with Crippen LogP contribution in [0.4, 0.5) is 4.79 Å². The van der Waals surface area contributed by atoms with Crippen LogP contribution < -0.4 is 5.32 Å². The lowest BCUT2D eigenvalue weighted by molar-refractivity contribution is 0.0565. The van der Waals surface area contributed by atoms with E-state index in [9.17, 15) is 9.90 Å². The minimum absolute atomic E-state index is 0.0519. The smallest absolute Gasteiger partial charge is 0.317 e. The molecule has 1 aliphatic rings. The van der Waals surface area contributed by atoms with Gasteiger partial charge in [0, 0.05) is 39.3 Å². The van der Waals surface area contributed by atoms with Crippen LogP contribution in [0.1, 0.15) is 37.7 Å². The zero-order valence-corrected chi connectivity index (χ0v) is 13.7. The molecule has 1 aromatic rings. The van der Waals surface area contributed by atoms with Gasteiger partial charge in [-0.25, -0.2) is 4.79 Å². The van der Waals surface area contributed by atoms with Crippen LogP contribution in [-0.4, -0.2) is 52.1 Å². The van der Waals surface area contributed by atoms with Gasteiger partial charge in [-0.1, -0.05) is 12.8 Å². The van der Waals surface area contributed by atoms with Crippen molar-refractivity contribution in [3.05, 3.63) is 18.0 Å². The predicted octanol–water partition coefficient (Wildman–Crippen LogP) is 1.55. The lowest BCUT2D eigenvalue weighted by Gasteiger charge is -2.31. The van der Waals surface area contributed by atoms with Gasteiger partial charge in [0.05, 0.1) is 12.3 Å². The molecule has 2 rings (SSSR count). The van der Waals surface area contributed by atoms with Crippen LogP contribution in [0.2, 0.25) is 0 Å². The monoisotopic (exact) mass is 308 g/mol. The SMILES string of the molecule is CN(CC1CCCCC1O)C(=O)NCCCc1cnn(C)c1. The molecule has 0 radical (unpaired) electrons. The van der Waals surface area contributed by atoms with E-state index in [2.05, 4.69) is 10.4 Å². The van der Waals surface area contributed by atoms with Gasteiger partial charge in [0.1, 0.15) is 0 Å². The van der Waals surface area contributed by atoms with Crippen LogP contribution in [0.15, 0.2) is 12.4 Å². The highest BCUT2D eigenvalue weighted by Gasteiger charge is 2.25. The second-order valence-electron chi connectivity index (χ2n) is 6.35. The Balaban J connectivity index is 1.63. The Morgan fingerprint density at radius 3 is 2.95 bits per heavy atom. The molecule has 124 valence electrons. The van der Waals surface area contributed by atoms with Gasteiger partial charge in [0.25, 0.3) is 0 Å². The first kappa shape index (κ1) is 16.8. The van der Waals surface area contributed by atoms with Gasteiger partial charge in [0.2, 0.25) is 0 Å². The maximum atomic E-state index is 12.1. The third-order valence-corrected chi connectivity index (χ3v) is 4.40. The Kier molecular flexibility index (Phi) is 6.24. The van der Waals surface area contributed by atoms with E-state index in [4.69, 9.17) is 0 Å². The van der Waals surface area contributed by atoms with Crippen molar-refractivity contribution in [3.8, 4) is 0 Å². The summed E-state index contributed by atoms with van der Waals surface area (Å²) < 4.78 is 1.79. The zero-order chi connectivity index (χ0) is 15.9. The van der Waals surface area contributed by atoms with Crippen LogP contribution in [0, 0.1) is 5.92 Å². The van der Waals surface area contributed by atoms with Crippen molar-refractivity contribution < 1.29 is 9.90 Å². The summed E-state index contributed by atoms with van der Waals surface area (Å²) in [6.07, 6.45) is 9.55. The van der Waals surface area contributed by atoms with Gasteiger partial charge in [-0.3, -0.25) is 4.68 Å². The number of nitrogens with zero attached hydrogens (tertiary/aromatic N) is 3. The molecule has 2 atom stereocenters. The molecule has 1 saturated carbocycles. The normalized spacial score (nSPS) is 21.6. The Morgan fingerprint density at radius 2 is 2.27 bits per heavy atom. The van der Waals surface area contributed by atoms with Crippen LogP contribution in [-0.2, 0) is 13.5 Å². The predicted molar refractivity (Wildman–Crippen MR) is 85.5 cm³/mol. The molecule has 1 aliphatic carbocycles. The van der Waals surface area contributed by atoms with Crippen LogP contribution in [0.5, 0.6) is 0 Å². The number of rotatable bonds is 6. The van der Waals surface area contributed by atoms with E-state index in [1.165, 1.54) is 5.56 Å². The molecule has 6 heteroatoms. The first-order valence-corrected chi connectivity index (χ1v) is 8.21. The summed E-state index contributed by atoms with van der Waals surface area (Å²) in [4.78, 5) is 13.8. The number of aryl methyl sites for hydroxylation is 2. The number of aliphatic hydroxyl groups excluding tert-OH is 1. The van der Waals surface area contributed by atoms with Crippen molar-refractivity contribution in [2.45, 2.75) is 44.6 Å². The second-order valence-corrected chi connectivity index (χ2v) is 6.35. The number of hydrogen-bond acceptors (Lipinski definition) is 3. The number of aliphatic hydroxyl groups is 1. The summed E-state index contributed by atoms with van der Waals surface area (Å²) in [6.45, 7) is 1.29. The largest absolute Gasteiger partial charge is 0.393 e. The van der Waals surface area contributed by atoms with Gasteiger partial charge in [-0.2, -0.15) is 5.10 Å². The molecule has 2 amide bonds. The molecular formula is C16H28N4O2. The molecular weight excluding hydrogens is 280 g/mol. The van der Waals surface area contributed by atoms with Gasteiger partial charge in [-0.15, -0.1) is 0 Å². The number of amides is 2. The third-order valence-electron chi connectivity index (χ3n) is 4.40. The lowest BCUT2D eigenvalue weighted by Crippen LogP contribution is -2.43. The number of carbonyl (C=O) groups excluding carboxylic acids is 1. The Morgan fingerprint density at radius 1 is 1.50 bits per heavy atom. The minimum atomic E-state index is -0.255. The van der Waals surface area contributed by atoms with E-state index in [1.807, 2.05) is 19.4 Å². The first-order valence-electron chi connectivity index (χ1n) is 8.21. The number of aromatic nitrogens is 2. The summed E-state index contributed by atoms with van der Waals surface area (Å²) in [5.74, 6) is 0.222. The summed E-state index contributed by atoms with van der Waals surface area (Å²) in [5, 5.41) is 17.0. The van der Waals surface area contributed by atoms with Gasteiger partial charge in [-0.05, 0) is 31.2 Å². The van der Waals surface area contributed by atoms with Crippen molar-refractivity contribution in [1.82, 2.24) is 20.0 Å². The quantitative estimate of drug-likeness (QED) is 0.783. The first-order chi connectivity index (χ1) is 10.6. The number of hydrogen-bond donors (Lipinski definition) is 2. The molecule has 2 N–H and O–H groups in total. The van der Waals surface area contributed by atoms with Crippen molar-refractivity contribution >= 4 is 6.03 Å². The fourth-order valence-electron chi connectivity index (χ4n) is 3.06. The fraction of sp³-hybridized carbons (Fsp3) is 0.750.